The summed E-state index contributed by atoms with van der Waals surface area (Å²) in [4.78, 5) is 37.7. The number of nitrogens with zero attached hydrogens (tertiary/aromatic N) is 1. The molecule has 0 heterocycles. The van der Waals surface area contributed by atoms with Crippen LogP contribution >= 0.6 is 7.82 Å². The maximum atomic E-state index is 13.5. The van der Waals surface area contributed by atoms with Crippen LogP contribution in [0.1, 0.15) is 252 Å². The van der Waals surface area contributed by atoms with E-state index in [4.69, 9.17) is 13.8 Å². The molecule has 0 aliphatic heterocycles. The lowest BCUT2D eigenvalue weighted by atomic mass is 10.1. The van der Waals surface area contributed by atoms with E-state index in [1.54, 1.807) is 0 Å². The zero-order chi connectivity index (χ0) is 56.4. The summed E-state index contributed by atoms with van der Waals surface area (Å²) in [6.45, 7) is 6.83. The highest BCUT2D eigenvalue weighted by Crippen LogP contribution is 2.43. The number of allylic oxidation sites excluding steroid dienone is 17. The summed E-state index contributed by atoms with van der Waals surface area (Å²) in [5.41, 5.74) is 0. The van der Waals surface area contributed by atoms with Gasteiger partial charge in [-0.2, -0.15) is 0 Å². The summed E-state index contributed by atoms with van der Waals surface area (Å²) >= 11 is 0. The van der Waals surface area contributed by atoms with E-state index in [9.17, 15) is 19.0 Å². The van der Waals surface area contributed by atoms with Crippen molar-refractivity contribution in [1.82, 2.24) is 5.32 Å². The van der Waals surface area contributed by atoms with Crippen molar-refractivity contribution < 1.29 is 37.3 Å². The van der Waals surface area contributed by atoms with Gasteiger partial charge in [0.15, 0.2) is 0 Å². The van der Waals surface area contributed by atoms with Crippen molar-refractivity contribution in [1.29, 1.82) is 0 Å². The number of hydrogen-bond donors (Lipinski definition) is 2. The molecule has 0 spiro atoms. The normalized spacial score (nSPS) is 14.4. The van der Waals surface area contributed by atoms with Crippen LogP contribution in [0.15, 0.2) is 109 Å². The molecule has 0 fully saturated rings. The second-order valence-corrected chi connectivity index (χ2v) is 23.3. The molecule has 442 valence electrons. The smallest absolute Gasteiger partial charge is 0.456 e. The molecule has 0 aliphatic rings. The number of unbranched alkanes of at least 4 members (excludes halogenated alkanes) is 24. The third kappa shape index (κ3) is 57.2. The summed E-state index contributed by atoms with van der Waals surface area (Å²) in [5.74, 6) is -0.542. The van der Waals surface area contributed by atoms with Gasteiger partial charge in [0, 0.05) is 12.8 Å². The minimum absolute atomic E-state index is 0.0295. The molecular weight excluding hydrogens is 976 g/mol. The number of carbonyl (C=O) groups is 2. The molecule has 1 amide bonds. The number of rotatable bonds is 55. The maximum Gasteiger partial charge on any atom is 0.472 e. The average Bonchev–Trinajstić information content (AvgIpc) is 3.39. The van der Waals surface area contributed by atoms with Crippen LogP contribution in [-0.4, -0.2) is 74.3 Å². The van der Waals surface area contributed by atoms with Crippen LogP contribution in [0.2, 0.25) is 0 Å². The Labute approximate surface area is 474 Å². The third-order valence-corrected chi connectivity index (χ3v) is 14.2. The Bertz CT molecular complexity index is 1690. The number of nitrogens with one attached hydrogen (secondary N) is 1. The standard InChI is InChI=1S/C67H117N2O7P/c1-7-10-13-16-19-22-25-27-29-30-31-32-33-34-35-36-37-38-40-41-44-47-50-53-56-59-66(70)68-64(63-75-77(72,73)74-62-61-69(4,5)6)65(58-55-52-49-46-43-24-21-18-15-12-9-3)76-67(71)60-57-54-51-48-45-42-39-28-26-23-20-17-14-11-8-2/h10,13,19-20,22-23,26-29,31-32,34-35,37-38,55,58,64-65H,7-9,11-12,14-18,21,24-25,30,33,36,39-54,56-57,59-63H2,1-6H3,(H-,68,70,72,73)/p+1/b13-10-,22-19-,23-20+,28-26+,29-27-,32-31-,35-34-,38-37-,58-55-. The number of amides is 1. The number of quaternary nitrogens is 1. The quantitative estimate of drug-likeness (QED) is 0.0156. The van der Waals surface area contributed by atoms with Crippen LogP contribution < -0.4 is 5.32 Å². The lowest BCUT2D eigenvalue weighted by Gasteiger charge is -2.27. The molecule has 0 saturated heterocycles. The minimum atomic E-state index is -4.46. The highest BCUT2D eigenvalue weighted by Gasteiger charge is 2.30. The number of ether oxygens (including phenoxy) is 1. The van der Waals surface area contributed by atoms with Crippen LogP contribution in [0.25, 0.3) is 0 Å². The highest BCUT2D eigenvalue weighted by atomic mass is 31.2. The first-order valence-corrected chi connectivity index (χ1v) is 32.7. The van der Waals surface area contributed by atoms with E-state index < -0.39 is 20.0 Å². The maximum absolute atomic E-state index is 13.5. The Morgan fingerprint density at radius 2 is 0.870 bits per heavy atom. The largest absolute Gasteiger partial charge is 0.472 e. The molecule has 0 aliphatic carbocycles. The molecule has 3 unspecified atom stereocenters. The second kappa shape index (κ2) is 56.0. The van der Waals surface area contributed by atoms with Gasteiger partial charge in [0.05, 0.1) is 33.8 Å². The van der Waals surface area contributed by atoms with Gasteiger partial charge in [-0.05, 0) is 109 Å². The summed E-state index contributed by atoms with van der Waals surface area (Å²) in [6.07, 6.45) is 76.5. The van der Waals surface area contributed by atoms with E-state index >= 15 is 0 Å². The third-order valence-electron chi connectivity index (χ3n) is 13.2. The minimum Gasteiger partial charge on any atom is -0.456 e. The van der Waals surface area contributed by atoms with E-state index in [1.165, 1.54) is 77.0 Å². The van der Waals surface area contributed by atoms with Crippen molar-refractivity contribution in [2.75, 3.05) is 40.9 Å². The van der Waals surface area contributed by atoms with Crippen LogP contribution in [0, 0.1) is 0 Å². The molecule has 0 saturated carbocycles. The Kier molecular flexibility index (Phi) is 53.5. The van der Waals surface area contributed by atoms with E-state index in [2.05, 4.69) is 123 Å². The van der Waals surface area contributed by atoms with E-state index in [-0.39, 0.29) is 31.5 Å². The van der Waals surface area contributed by atoms with Gasteiger partial charge in [-0.25, -0.2) is 4.57 Å². The highest BCUT2D eigenvalue weighted by molar-refractivity contribution is 7.47. The molecule has 3 atom stereocenters. The van der Waals surface area contributed by atoms with Crippen molar-refractivity contribution in [3.63, 3.8) is 0 Å². The van der Waals surface area contributed by atoms with Gasteiger partial charge in [-0.3, -0.25) is 18.6 Å². The first kappa shape index (κ1) is 73.7. The predicted octanol–water partition coefficient (Wildman–Crippen LogP) is 19.3. The molecule has 0 bridgehead atoms. The second-order valence-electron chi connectivity index (χ2n) is 21.9. The lowest BCUT2D eigenvalue weighted by Crippen LogP contribution is -2.47. The number of esters is 1. The summed E-state index contributed by atoms with van der Waals surface area (Å²) in [7, 11) is 1.46. The van der Waals surface area contributed by atoms with E-state index in [0.717, 1.165) is 141 Å². The fraction of sp³-hybridized carbons (Fsp3) is 0.701. The van der Waals surface area contributed by atoms with Gasteiger partial charge >= 0.3 is 13.8 Å². The fourth-order valence-corrected chi connectivity index (χ4v) is 9.14. The van der Waals surface area contributed by atoms with Gasteiger partial charge in [0.1, 0.15) is 19.3 Å². The van der Waals surface area contributed by atoms with Crippen molar-refractivity contribution in [3.8, 4) is 0 Å². The summed E-state index contributed by atoms with van der Waals surface area (Å²) < 4.78 is 30.6. The SMILES string of the molecule is CC/C=C\C/C=C\C/C=C\C/C=C\C/C=C\C/C=C\CCCCCCCCC(=O)NC(COP(=O)(O)OCC[N+](C)(C)C)C(/C=C\CCCCCCCCCCC)OC(=O)CCCCCCCC/C=C/C=C/CCCCC. The molecule has 0 aromatic heterocycles. The van der Waals surface area contributed by atoms with Gasteiger partial charge in [0.25, 0.3) is 0 Å². The van der Waals surface area contributed by atoms with Crippen LogP contribution in [0.5, 0.6) is 0 Å². The van der Waals surface area contributed by atoms with Crippen LogP contribution in [0.4, 0.5) is 0 Å². The van der Waals surface area contributed by atoms with E-state index in [0.29, 0.717) is 17.4 Å². The van der Waals surface area contributed by atoms with Crippen molar-refractivity contribution >= 4 is 19.7 Å². The molecule has 0 aromatic rings. The molecule has 0 aromatic carbocycles. The number of carbonyl (C=O) groups excluding carboxylic acids is 2. The number of phosphoric acid groups is 1. The fourth-order valence-electron chi connectivity index (χ4n) is 8.40. The Morgan fingerprint density at radius 3 is 1.35 bits per heavy atom. The Morgan fingerprint density at radius 1 is 0.481 bits per heavy atom. The Hall–Kier alpha value is -3.33. The van der Waals surface area contributed by atoms with Crippen molar-refractivity contribution in [2.45, 2.75) is 264 Å². The molecule has 2 N–H and O–H groups in total. The topological polar surface area (TPSA) is 111 Å². The first-order valence-electron chi connectivity index (χ1n) is 31.2. The lowest BCUT2D eigenvalue weighted by molar-refractivity contribution is -0.870. The number of hydrogen-bond acceptors (Lipinski definition) is 6. The van der Waals surface area contributed by atoms with Gasteiger partial charge in [0.2, 0.25) is 5.91 Å². The van der Waals surface area contributed by atoms with Gasteiger partial charge in [-0.1, -0.05) is 240 Å². The molecule has 9 nitrogen and oxygen atoms in total. The van der Waals surface area contributed by atoms with Crippen LogP contribution in [0.3, 0.4) is 0 Å². The molecule has 0 radical (unpaired) electrons. The van der Waals surface area contributed by atoms with Gasteiger partial charge in [-0.15, -0.1) is 0 Å². The van der Waals surface area contributed by atoms with Crippen molar-refractivity contribution in [2.24, 2.45) is 0 Å². The number of likely N-dealkylation sites (N-methyl/N-ethyl adjacent to an activating group) is 1. The molecule has 10 heteroatoms. The monoisotopic (exact) mass is 1090 g/mol. The van der Waals surface area contributed by atoms with Crippen LogP contribution in [-0.2, 0) is 27.9 Å². The zero-order valence-corrected chi connectivity index (χ0v) is 51.3. The molecular formula is C67H118N2O7P+. The van der Waals surface area contributed by atoms with E-state index in [1.807, 2.05) is 33.3 Å². The molecule has 0 rings (SSSR count). The zero-order valence-electron chi connectivity index (χ0n) is 50.4. The molecule has 77 heavy (non-hydrogen) atoms. The first-order chi connectivity index (χ1) is 37.4. The van der Waals surface area contributed by atoms with Gasteiger partial charge < -0.3 is 19.4 Å². The summed E-state index contributed by atoms with van der Waals surface area (Å²) in [6, 6.07) is -0.868. The predicted molar refractivity (Wildman–Crippen MR) is 332 cm³/mol. The summed E-state index contributed by atoms with van der Waals surface area (Å²) in [5, 5.41) is 3.04. The number of phosphoric ester groups is 1. The average molecular weight is 1090 g/mol. The van der Waals surface area contributed by atoms with Crippen molar-refractivity contribution in [3.05, 3.63) is 109 Å². The Balaban J connectivity index is 5.21.